The highest BCUT2D eigenvalue weighted by Crippen LogP contribution is 2.34. The van der Waals surface area contributed by atoms with Crippen molar-refractivity contribution in [1.29, 1.82) is 0 Å². The second kappa shape index (κ2) is 3.88. The molecule has 2 aliphatic heterocycles. The highest BCUT2D eigenvalue weighted by atomic mass is 16.7. The van der Waals surface area contributed by atoms with Crippen LogP contribution < -0.4 is 14.8 Å². The molecule has 6 heteroatoms. The largest absolute Gasteiger partial charge is 0.454 e. The molecule has 1 saturated heterocycles. The van der Waals surface area contributed by atoms with Gasteiger partial charge in [0.2, 0.25) is 6.79 Å². The first-order chi connectivity index (χ1) is 8.99. The minimum absolute atomic E-state index is 0.217. The number of rotatable bonds is 2. The Morgan fingerprint density at radius 3 is 2.74 bits per heavy atom. The summed E-state index contributed by atoms with van der Waals surface area (Å²) in [6.45, 7) is 1.94. The molecule has 1 fully saturated rings. The van der Waals surface area contributed by atoms with Gasteiger partial charge < -0.3 is 14.8 Å². The van der Waals surface area contributed by atoms with Crippen molar-refractivity contribution in [3.05, 3.63) is 23.8 Å². The lowest BCUT2D eigenvalue weighted by Gasteiger charge is -2.21. The molecule has 2 heterocycles. The summed E-state index contributed by atoms with van der Waals surface area (Å²) in [5, 5.41) is 2.71. The SMILES string of the molecule is CN1C(=O)N[C@@](C)(Cc2ccc3c(c2)OCO3)C1=O. The summed E-state index contributed by atoms with van der Waals surface area (Å²) in [4.78, 5) is 24.7. The first kappa shape index (κ1) is 11.8. The Morgan fingerprint density at radius 2 is 2.05 bits per heavy atom. The van der Waals surface area contributed by atoms with Gasteiger partial charge in [-0.25, -0.2) is 4.79 Å². The Kier molecular flexibility index (Phi) is 2.41. The van der Waals surface area contributed by atoms with Crippen molar-refractivity contribution in [2.24, 2.45) is 0 Å². The predicted octanol–water partition coefficient (Wildman–Crippen LogP) is 0.898. The number of carbonyl (C=O) groups excluding carboxylic acids is 2. The summed E-state index contributed by atoms with van der Waals surface area (Å²) < 4.78 is 10.5. The van der Waals surface area contributed by atoms with E-state index >= 15 is 0 Å². The zero-order chi connectivity index (χ0) is 13.6. The summed E-state index contributed by atoms with van der Waals surface area (Å²) in [5.41, 5.74) is 0.00944. The Morgan fingerprint density at radius 1 is 1.32 bits per heavy atom. The summed E-state index contributed by atoms with van der Waals surface area (Å²) in [6.07, 6.45) is 0.415. The van der Waals surface area contributed by atoms with Gasteiger partial charge in [0, 0.05) is 13.5 Å². The fraction of sp³-hybridized carbons (Fsp3) is 0.385. The Bertz CT molecular complexity index is 572. The molecule has 100 valence electrons. The molecule has 2 aliphatic rings. The number of benzene rings is 1. The number of carbonyl (C=O) groups is 2. The highest BCUT2D eigenvalue weighted by molar-refractivity contribution is 6.06. The minimum Gasteiger partial charge on any atom is -0.454 e. The number of likely N-dealkylation sites (N-methyl/N-ethyl adjacent to an activating group) is 1. The van der Waals surface area contributed by atoms with Gasteiger partial charge in [0.25, 0.3) is 5.91 Å². The molecule has 1 aromatic carbocycles. The van der Waals surface area contributed by atoms with E-state index in [2.05, 4.69) is 5.32 Å². The smallest absolute Gasteiger partial charge is 0.324 e. The van der Waals surface area contributed by atoms with Crippen molar-refractivity contribution in [1.82, 2.24) is 10.2 Å². The quantitative estimate of drug-likeness (QED) is 0.804. The summed E-state index contributed by atoms with van der Waals surface area (Å²) >= 11 is 0. The lowest BCUT2D eigenvalue weighted by atomic mass is 9.92. The zero-order valence-corrected chi connectivity index (χ0v) is 10.7. The predicted molar refractivity (Wildman–Crippen MR) is 66.0 cm³/mol. The van der Waals surface area contributed by atoms with Crippen LogP contribution in [0, 0.1) is 0 Å². The van der Waals surface area contributed by atoms with Gasteiger partial charge in [-0.3, -0.25) is 9.69 Å². The molecule has 1 atom stereocenters. The molecule has 0 radical (unpaired) electrons. The average molecular weight is 262 g/mol. The number of amides is 3. The van der Waals surface area contributed by atoms with E-state index in [4.69, 9.17) is 9.47 Å². The fourth-order valence-electron chi connectivity index (χ4n) is 2.41. The van der Waals surface area contributed by atoms with Gasteiger partial charge in [-0.1, -0.05) is 6.07 Å². The molecule has 0 bridgehead atoms. The van der Waals surface area contributed by atoms with Crippen LogP contribution in [-0.2, 0) is 11.2 Å². The summed E-state index contributed by atoms with van der Waals surface area (Å²) in [5.74, 6) is 1.15. The first-order valence-corrected chi connectivity index (χ1v) is 5.98. The van der Waals surface area contributed by atoms with E-state index in [9.17, 15) is 9.59 Å². The lowest BCUT2D eigenvalue weighted by molar-refractivity contribution is -0.129. The third-order valence-corrected chi connectivity index (χ3v) is 3.46. The Labute approximate surface area is 110 Å². The fourth-order valence-corrected chi connectivity index (χ4v) is 2.41. The van der Waals surface area contributed by atoms with E-state index < -0.39 is 5.54 Å². The molecule has 0 spiro atoms. The van der Waals surface area contributed by atoms with Gasteiger partial charge in [-0.15, -0.1) is 0 Å². The van der Waals surface area contributed by atoms with Crippen molar-refractivity contribution in [2.75, 3.05) is 13.8 Å². The zero-order valence-electron chi connectivity index (χ0n) is 10.7. The molecular weight excluding hydrogens is 248 g/mol. The van der Waals surface area contributed by atoms with Crippen LogP contribution in [0.1, 0.15) is 12.5 Å². The van der Waals surface area contributed by atoms with Gasteiger partial charge in [-0.2, -0.15) is 0 Å². The molecule has 1 N–H and O–H groups in total. The molecule has 3 amide bonds. The second-order valence-corrected chi connectivity index (χ2v) is 4.99. The topological polar surface area (TPSA) is 67.9 Å². The molecule has 0 aliphatic carbocycles. The molecule has 19 heavy (non-hydrogen) atoms. The van der Waals surface area contributed by atoms with Crippen LogP contribution in [0.25, 0.3) is 0 Å². The van der Waals surface area contributed by atoms with E-state index in [1.54, 1.807) is 6.92 Å². The maximum absolute atomic E-state index is 12.1. The number of ether oxygens (including phenoxy) is 2. The second-order valence-electron chi connectivity index (χ2n) is 4.99. The third-order valence-electron chi connectivity index (χ3n) is 3.46. The highest BCUT2D eigenvalue weighted by Gasteiger charge is 2.45. The molecule has 0 aromatic heterocycles. The van der Waals surface area contributed by atoms with E-state index in [0.29, 0.717) is 17.9 Å². The van der Waals surface area contributed by atoms with Crippen LogP contribution >= 0.6 is 0 Å². The van der Waals surface area contributed by atoms with Gasteiger partial charge >= 0.3 is 6.03 Å². The molecule has 0 saturated carbocycles. The molecule has 6 nitrogen and oxygen atoms in total. The molecule has 3 rings (SSSR count). The van der Waals surface area contributed by atoms with Crippen molar-refractivity contribution < 1.29 is 19.1 Å². The van der Waals surface area contributed by atoms with E-state index in [1.165, 1.54) is 7.05 Å². The van der Waals surface area contributed by atoms with Gasteiger partial charge in [0.1, 0.15) is 5.54 Å². The maximum atomic E-state index is 12.1. The standard InChI is InChI=1S/C13H14N2O4/c1-13(11(16)15(2)12(17)14-13)6-8-3-4-9-10(5-8)19-7-18-9/h3-5H,6-7H2,1-2H3,(H,14,17)/t13-/m0/s1. The van der Waals surface area contributed by atoms with Crippen LogP contribution in [-0.4, -0.2) is 36.2 Å². The third kappa shape index (κ3) is 1.80. The maximum Gasteiger partial charge on any atom is 0.324 e. The van der Waals surface area contributed by atoms with E-state index in [-0.39, 0.29) is 18.7 Å². The van der Waals surface area contributed by atoms with Gasteiger partial charge in [0.15, 0.2) is 11.5 Å². The van der Waals surface area contributed by atoms with Gasteiger partial charge in [0.05, 0.1) is 0 Å². The number of imide groups is 1. The van der Waals surface area contributed by atoms with Crippen molar-refractivity contribution in [3.63, 3.8) is 0 Å². The van der Waals surface area contributed by atoms with Crippen LogP contribution in [0.15, 0.2) is 18.2 Å². The van der Waals surface area contributed by atoms with Crippen molar-refractivity contribution >= 4 is 11.9 Å². The number of nitrogens with zero attached hydrogens (tertiary/aromatic N) is 1. The lowest BCUT2D eigenvalue weighted by Crippen LogP contribution is -2.45. The monoisotopic (exact) mass is 262 g/mol. The number of urea groups is 1. The number of nitrogens with one attached hydrogen (secondary N) is 1. The van der Waals surface area contributed by atoms with Crippen LogP contribution in [0.3, 0.4) is 0 Å². The van der Waals surface area contributed by atoms with Crippen molar-refractivity contribution in [3.8, 4) is 11.5 Å². The Balaban J connectivity index is 1.85. The number of hydrogen-bond acceptors (Lipinski definition) is 4. The molecular formula is C13H14N2O4. The van der Waals surface area contributed by atoms with Crippen LogP contribution in [0.5, 0.6) is 11.5 Å². The molecule has 0 unspecified atom stereocenters. The normalized spacial score (nSPS) is 24.8. The van der Waals surface area contributed by atoms with E-state index in [1.807, 2.05) is 18.2 Å². The first-order valence-electron chi connectivity index (χ1n) is 5.98. The summed E-state index contributed by atoms with van der Waals surface area (Å²) in [7, 11) is 1.47. The summed E-state index contributed by atoms with van der Waals surface area (Å²) in [6, 6.07) is 5.15. The van der Waals surface area contributed by atoms with E-state index in [0.717, 1.165) is 10.5 Å². The van der Waals surface area contributed by atoms with Gasteiger partial charge in [-0.05, 0) is 24.6 Å². The Hall–Kier alpha value is -2.24. The number of hydrogen-bond donors (Lipinski definition) is 1. The minimum atomic E-state index is -0.903. The van der Waals surface area contributed by atoms with Crippen LogP contribution in [0.2, 0.25) is 0 Å². The van der Waals surface area contributed by atoms with Crippen molar-refractivity contribution in [2.45, 2.75) is 18.9 Å². The van der Waals surface area contributed by atoms with Crippen LogP contribution in [0.4, 0.5) is 4.79 Å². The number of fused-ring (bicyclic) bond motifs is 1. The molecule has 1 aromatic rings. The average Bonchev–Trinajstić information content (AvgIpc) is 2.90.